The van der Waals surface area contributed by atoms with Crippen LogP contribution in [-0.2, 0) is 9.53 Å². The lowest BCUT2D eigenvalue weighted by Crippen LogP contribution is -2.49. The van der Waals surface area contributed by atoms with Crippen LogP contribution in [0.5, 0.6) is 0 Å². The minimum absolute atomic E-state index is 0.117. The van der Waals surface area contributed by atoms with Crippen LogP contribution in [0, 0.1) is 5.92 Å². The number of alkyl halides is 3. The lowest BCUT2D eigenvalue weighted by atomic mass is 10.1. The van der Waals surface area contributed by atoms with E-state index in [2.05, 4.69) is 5.32 Å². The van der Waals surface area contributed by atoms with E-state index in [1.165, 1.54) is 11.8 Å². The fourth-order valence-corrected chi connectivity index (χ4v) is 2.37. The number of nitrogens with zero attached hydrogens (tertiary/aromatic N) is 1. The molecule has 0 aliphatic carbocycles. The van der Waals surface area contributed by atoms with Crippen LogP contribution in [0.4, 0.5) is 18.0 Å². The highest BCUT2D eigenvalue weighted by atomic mass is 19.4. The molecular weight excluding hydrogens is 301 g/mol. The average molecular weight is 324 g/mol. The summed E-state index contributed by atoms with van der Waals surface area (Å²) in [5.74, 6) is -2.05. The Morgan fingerprint density at radius 2 is 1.82 bits per heavy atom. The van der Waals surface area contributed by atoms with Gasteiger partial charge in [0.25, 0.3) is 0 Å². The van der Waals surface area contributed by atoms with E-state index in [-0.39, 0.29) is 13.0 Å². The van der Waals surface area contributed by atoms with Crippen LogP contribution in [0.3, 0.4) is 0 Å². The Morgan fingerprint density at radius 1 is 1.27 bits per heavy atom. The Balaban J connectivity index is 2.62. The number of hydrogen-bond acceptors (Lipinski definition) is 3. The predicted octanol–water partition coefficient (Wildman–Crippen LogP) is 2.70. The fraction of sp³-hybridized carbons (Fsp3) is 0.857. The topological polar surface area (TPSA) is 58.6 Å². The van der Waals surface area contributed by atoms with E-state index >= 15 is 0 Å². The smallest absolute Gasteiger partial charge is 0.408 e. The molecule has 22 heavy (non-hydrogen) atoms. The van der Waals surface area contributed by atoms with E-state index in [9.17, 15) is 22.8 Å². The Hall–Kier alpha value is -1.47. The summed E-state index contributed by atoms with van der Waals surface area (Å²) in [5.41, 5.74) is -0.713. The number of carbonyl (C=O) groups is 2. The summed E-state index contributed by atoms with van der Waals surface area (Å²) in [4.78, 5) is 25.0. The second kappa shape index (κ2) is 6.34. The lowest BCUT2D eigenvalue weighted by Gasteiger charge is -2.27. The van der Waals surface area contributed by atoms with E-state index in [4.69, 9.17) is 4.74 Å². The zero-order valence-electron chi connectivity index (χ0n) is 13.5. The van der Waals surface area contributed by atoms with Gasteiger partial charge < -0.3 is 15.0 Å². The number of nitrogens with one attached hydrogen (secondary N) is 1. The molecule has 0 radical (unpaired) electrons. The van der Waals surface area contributed by atoms with Crippen molar-refractivity contribution in [2.24, 2.45) is 5.92 Å². The van der Waals surface area contributed by atoms with Crippen LogP contribution in [-0.4, -0.2) is 47.3 Å². The highest BCUT2D eigenvalue weighted by Crippen LogP contribution is 2.36. The van der Waals surface area contributed by atoms with Gasteiger partial charge in [-0.05, 0) is 41.0 Å². The second-order valence-electron chi connectivity index (χ2n) is 6.68. The molecule has 2 amide bonds. The summed E-state index contributed by atoms with van der Waals surface area (Å²) in [5, 5.41) is 2.35. The Labute approximate surface area is 128 Å². The third-order valence-corrected chi connectivity index (χ3v) is 3.42. The number of hydrogen-bond donors (Lipinski definition) is 1. The highest BCUT2D eigenvalue weighted by molar-refractivity contribution is 5.85. The van der Waals surface area contributed by atoms with Gasteiger partial charge >= 0.3 is 12.3 Å². The summed E-state index contributed by atoms with van der Waals surface area (Å²) >= 11 is 0. The summed E-state index contributed by atoms with van der Waals surface area (Å²) in [6, 6.07) is -1.45. The molecule has 0 aromatic heterocycles. The number of halogens is 3. The Bertz CT molecular complexity index is 432. The maximum Gasteiger partial charge on any atom is 0.408 e. The Kier molecular flexibility index (Phi) is 5.35. The highest BCUT2D eigenvalue weighted by Gasteiger charge is 2.48. The molecule has 0 aromatic rings. The van der Waals surface area contributed by atoms with Gasteiger partial charge in [0.15, 0.2) is 0 Å². The van der Waals surface area contributed by atoms with Crippen LogP contribution in [0.25, 0.3) is 0 Å². The first-order chi connectivity index (χ1) is 9.81. The molecule has 3 atom stereocenters. The zero-order chi connectivity index (χ0) is 17.3. The van der Waals surface area contributed by atoms with Gasteiger partial charge in [0.1, 0.15) is 11.6 Å². The minimum atomic E-state index is -4.31. The van der Waals surface area contributed by atoms with Crippen LogP contribution in [0.15, 0.2) is 0 Å². The normalized spacial score (nSPS) is 24.1. The molecule has 1 saturated heterocycles. The van der Waals surface area contributed by atoms with Gasteiger partial charge in [0.05, 0.1) is 5.92 Å². The van der Waals surface area contributed by atoms with Crippen molar-refractivity contribution in [1.29, 1.82) is 0 Å². The maximum atomic E-state index is 12.7. The first kappa shape index (κ1) is 18.6. The van der Waals surface area contributed by atoms with Gasteiger partial charge in [-0.2, -0.15) is 13.2 Å². The minimum Gasteiger partial charge on any atom is -0.444 e. The largest absolute Gasteiger partial charge is 0.444 e. The molecule has 0 unspecified atom stereocenters. The van der Waals surface area contributed by atoms with Crippen LogP contribution < -0.4 is 5.32 Å². The lowest BCUT2D eigenvalue weighted by molar-refractivity contribution is -0.171. The molecule has 1 aliphatic rings. The number of rotatable bonds is 2. The average Bonchev–Trinajstić information content (AvgIpc) is 2.67. The van der Waals surface area contributed by atoms with Gasteiger partial charge in [-0.25, -0.2) is 4.79 Å². The van der Waals surface area contributed by atoms with Crippen molar-refractivity contribution in [3.63, 3.8) is 0 Å². The SMILES string of the molecule is C[C@@H](NC(=O)OC(C)(C)C)C(=O)N1C[C@H](C(F)(F)F)C[C@@H]1C. The van der Waals surface area contributed by atoms with Crippen molar-refractivity contribution in [2.45, 2.75) is 64.9 Å². The molecule has 1 N–H and O–H groups in total. The van der Waals surface area contributed by atoms with E-state index in [1.54, 1.807) is 27.7 Å². The van der Waals surface area contributed by atoms with Crippen molar-refractivity contribution in [3.05, 3.63) is 0 Å². The first-order valence-corrected chi connectivity index (χ1v) is 7.18. The molecule has 1 aliphatic heterocycles. The standard InChI is InChI=1S/C14H23F3N2O3/c1-8-6-10(14(15,16)17)7-19(8)11(20)9(2)18-12(21)22-13(3,4)5/h8-10H,6-7H2,1-5H3,(H,18,21)/t8-,9+,10+/m0/s1. The van der Waals surface area contributed by atoms with Gasteiger partial charge in [0.2, 0.25) is 5.91 Å². The van der Waals surface area contributed by atoms with Gasteiger partial charge in [-0.3, -0.25) is 4.79 Å². The van der Waals surface area contributed by atoms with Gasteiger partial charge in [-0.1, -0.05) is 0 Å². The predicted molar refractivity (Wildman–Crippen MR) is 74.2 cm³/mol. The van der Waals surface area contributed by atoms with Gasteiger partial charge in [-0.15, -0.1) is 0 Å². The van der Waals surface area contributed by atoms with E-state index in [0.717, 1.165) is 0 Å². The molecule has 8 heteroatoms. The van der Waals surface area contributed by atoms with Crippen molar-refractivity contribution in [1.82, 2.24) is 10.2 Å². The molecule has 1 rings (SSSR count). The number of amides is 2. The molecule has 0 aromatic carbocycles. The summed E-state index contributed by atoms with van der Waals surface area (Å²) in [6.07, 6.45) is -5.20. The van der Waals surface area contributed by atoms with Crippen LogP contribution >= 0.6 is 0 Å². The molecule has 1 fully saturated rings. The van der Waals surface area contributed by atoms with Crippen molar-refractivity contribution >= 4 is 12.0 Å². The Morgan fingerprint density at radius 3 is 2.23 bits per heavy atom. The summed E-state index contributed by atoms with van der Waals surface area (Å²) in [7, 11) is 0. The molecule has 0 bridgehead atoms. The maximum absolute atomic E-state index is 12.7. The van der Waals surface area contributed by atoms with Crippen LogP contribution in [0.1, 0.15) is 41.0 Å². The summed E-state index contributed by atoms with van der Waals surface area (Å²) in [6.45, 7) is 7.66. The number of alkyl carbamates (subject to hydrolysis) is 1. The number of ether oxygens (including phenoxy) is 1. The van der Waals surface area contributed by atoms with E-state index in [0.29, 0.717) is 0 Å². The third kappa shape index (κ3) is 5.06. The molecule has 0 saturated carbocycles. The van der Waals surface area contributed by atoms with E-state index < -0.39 is 41.8 Å². The zero-order valence-corrected chi connectivity index (χ0v) is 13.5. The molecule has 0 spiro atoms. The third-order valence-electron chi connectivity index (χ3n) is 3.42. The van der Waals surface area contributed by atoms with Gasteiger partial charge in [0, 0.05) is 12.6 Å². The monoisotopic (exact) mass is 324 g/mol. The second-order valence-corrected chi connectivity index (χ2v) is 6.68. The van der Waals surface area contributed by atoms with Crippen molar-refractivity contribution in [3.8, 4) is 0 Å². The van der Waals surface area contributed by atoms with Crippen molar-refractivity contribution in [2.75, 3.05) is 6.54 Å². The van der Waals surface area contributed by atoms with E-state index in [1.807, 2.05) is 0 Å². The summed E-state index contributed by atoms with van der Waals surface area (Å²) < 4.78 is 43.2. The molecule has 1 heterocycles. The number of carbonyl (C=O) groups excluding carboxylic acids is 2. The molecular formula is C14H23F3N2O3. The number of likely N-dealkylation sites (tertiary alicyclic amines) is 1. The molecule has 5 nitrogen and oxygen atoms in total. The van der Waals surface area contributed by atoms with Crippen molar-refractivity contribution < 1.29 is 27.5 Å². The molecule has 128 valence electrons. The fourth-order valence-electron chi connectivity index (χ4n) is 2.37. The quantitative estimate of drug-likeness (QED) is 0.849. The van der Waals surface area contributed by atoms with Crippen LogP contribution in [0.2, 0.25) is 0 Å². The first-order valence-electron chi connectivity index (χ1n) is 7.18.